The maximum atomic E-state index is 11.2. The Kier molecular flexibility index (Phi) is 3.68. The number of nitrogens with zero attached hydrogens (tertiary/aromatic N) is 4. The SMILES string of the molecule is CNc1nc(N)c([N+](=O)[O-])c(N2CCCC(C)C2)n1. The molecule has 1 aromatic heterocycles. The minimum Gasteiger partial charge on any atom is -0.378 e. The zero-order chi connectivity index (χ0) is 14.0. The molecular weight excluding hydrogens is 248 g/mol. The number of nitrogen functional groups attached to an aromatic ring is 1. The summed E-state index contributed by atoms with van der Waals surface area (Å²) in [7, 11) is 1.66. The molecule has 0 saturated carbocycles. The first-order valence-electron chi connectivity index (χ1n) is 6.27. The average Bonchev–Trinajstić information content (AvgIpc) is 2.37. The van der Waals surface area contributed by atoms with Crippen LogP contribution in [0.1, 0.15) is 19.8 Å². The molecule has 0 spiro atoms. The molecule has 3 N–H and O–H groups in total. The third-order valence-corrected chi connectivity index (χ3v) is 3.26. The van der Waals surface area contributed by atoms with E-state index in [1.165, 1.54) is 0 Å². The first-order chi connectivity index (χ1) is 9.02. The van der Waals surface area contributed by atoms with E-state index in [0.29, 0.717) is 17.7 Å². The highest BCUT2D eigenvalue weighted by Gasteiger charge is 2.29. The highest BCUT2D eigenvalue weighted by atomic mass is 16.6. The molecular formula is C11H18N6O2. The second-order valence-electron chi connectivity index (χ2n) is 4.81. The van der Waals surface area contributed by atoms with E-state index in [2.05, 4.69) is 22.2 Å². The van der Waals surface area contributed by atoms with Crippen LogP contribution >= 0.6 is 0 Å². The Morgan fingerprint density at radius 1 is 1.53 bits per heavy atom. The zero-order valence-electron chi connectivity index (χ0n) is 11.1. The van der Waals surface area contributed by atoms with E-state index in [9.17, 15) is 10.1 Å². The van der Waals surface area contributed by atoms with Gasteiger partial charge in [-0.3, -0.25) is 10.1 Å². The summed E-state index contributed by atoms with van der Waals surface area (Å²) in [6.45, 7) is 3.63. The predicted octanol–water partition coefficient (Wildman–Crippen LogP) is 1.24. The predicted molar refractivity (Wildman–Crippen MR) is 73.3 cm³/mol. The van der Waals surface area contributed by atoms with E-state index in [4.69, 9.17) is 5.73 Å². The molecule has 1 unspecified atom stereocenters. The molecule has 19 heavy (non-hydrogen) atoms. The molecule has 1 fully saturated rings. The average molecular weight is 266 g/mol. The summed E-state index contributed by atoms with van der Waals surface area (Å²) in [6.07, 6.45) is 2.13. The second kappa shape index (κ2) is 5.25. The topological polar surface area (TPSA) is 110 Å². The van der Waals surface area contributed by atoms with Crippen LogP contribution in [0.15, 0.2) is 0 Å². The van der Waals surface area contributed by atoms with Crippen LogP contribution in [0.4, 0.5) is 23.3 Å². The van der Waals surface area contributed by atoms with E-state index in [1.807, 2.05) is 4.90 Å². The maximum absolute atomic E-state index is 11.2. The molecule has 104 valence electrons. The van der Waals surface area contributed by atoms with Gasteiger partial charge in [0.25, 0.3) is 0 Å². The van der Waals surface area contributed by atoms with Crippen molar-refractivity contribution in [3.8, 4) is 0 Å². The molecule has 0 radical (unpaired) electrons. The van der Waals surface area contributed by atoms with Crippen molar-refractivity contribution in [2.75, 3.05) is 36.1 Å². The van der Waals surface area contributed by atoms with Crippen molar-refractivity contribution < 1.29 is 4.92 Å². The van der Waals surface area contributed by atoms with Gasteiger partial charge >= 0.3 is 5.69 Å². The number of nitrogens with one attached hydrogen (secondary N) is 1. The number of anilines is 3. The number of piperidine rings is 1. The molecule has 1 saturated heterocycles. The van der Waals surface area contributed by atoms with Gasteiger partial charge in [-0.25, -0.2) is 0 Å². The Hall–Kier alpha value is -2.12. The Morgan fingerprint density at radius 3 is 2.84 bits per heavy atom. The fraction of sp³-hybridized carbons (Fsp3) is 0.636. The van der Waals surface area contributed by atoms with Crippen LogP contribution in [0.3, 0.4) is 0 Å². The van der Waals surface area contributed by atoms with Gasteiger partial charge in [-0.2, -0.15) is 9.97 Å². The van der Waals surface area contributed by atoms with Gasteiger partial charge in [0, 0.05) is 20.1 Å². The molecule has 0 aromatic carbocycles. The number of nitrogens with two attached hydrogens (primary N) is 1. The summed E-state index contributed by atoms with van der Waals surface area (Å²) in [6, 6.07) is 0. The number of rotatable bonds is 3. The number of hydrogen-bond donors (Lipinski definition) is 2. The zero-order valence-corrected chi connectivity index (χ0v) is 11.1. The summed E-state index contributed by atoms with van der Waals surface area (Å²) >= 11 is 0. The van der Waals surface area contributed by atoms with Crippen LogP contribution in [0.25, 0.3) is 0 Å². The van der Waals surface area contributed by atoms with Gasteiger partial charge in [-0.1, -0.05) is 6.92 Å². The lowest BCUT2D eigenvalue weighted by molar-refractivity contribution is -0.383. The van der Waals surface area contributed by atoms with Crippen LogP contribution in [0.5, 0.6) is 0 Å². The largest absolute Gasteiger partial charge is 0.378 e. The van der Waals surface area contributed by atoms with E-state index < -0.39 is 4.92 Å². The molecule has 0 aliphatic carbocycles. The fourth-order valence-electron chi connectivity index (χ4n) is 2.35. The summed E-state index contributed by atoms with van der Waals surface area (Å²) in [5, 5.41) is 13.9. The van der Waals surface area contributed by atoms with E-state index in [-0.39, 0.29) is 11.5 Å². The number of aromatic nitrogens is 2. The highest BCUT2D eigenvalue weighted by molar-refractivity contribution is 5.71. The molecule has 0 amide bonds. The summed E-state index contributed by atoms with van der Waals surface area (Å²) in [4.78, 5) is 20.7. The molecule has 0 bridgehead atoms. The van der Waals surface area contributed by atoms with Gasteiger partial charge < -0.3 is 16.0 Å². The Balaban J connectivity index is 2.46. The fourth-order valence-corrected chi connectivity index (χ4v) is 2.35. The molecule has 1 aromatic rings. The molecule has 1 aliphatic heterocycles. The lowest BCUT2D eigenvalue weighted by Crippen LogP contribution is -2.35. The van der Waals surface area contributed by atoms with Gasteiger partial charge in [-0.15, -0.1) is 0 Å². The van der Waals surface area contributed by atoms with Crippen molar-refractivity contribution >= 4 is 23.3 Å². The molecule has 1 aliphatic rings. The first kappa shape index (κ1) is 13.3. The Labute approximate surface area is 111 Å². The van der Waals surface area contributed by atoms with Crippen molar-refractivity contribution in [1.29, 1.82) is 0 Å². The minimum absolute atomic E-state index is 0.0995. The van der Waals surface area contributed by atoms with Crippen LogP contribution in [-0.2, 0) is 0 Å². The Morgan fingerprint density at radius 2 is 2.26 bits per heavy atom. The quantitative estimate of drug-likeness (QED) is 0.625. The Bertz CT molecular complexity index is 492. The van der Waals surface area contributed by atoms with Crippen LogP contribution in [0, 0.1) is 16.0 Å². The molecule has 1 atom stereocenters. The van der Waals surface area contributed by atoms with Crippen molar-refractivity contribution in [3.05, 3.63) is 10.1 Å². The van der Waals surface area contributed by atoms with Crippen molar-refractivity contribution in [3.63, 3.8) is 0 Å². The third-order valence-electron chi connectivity index (χ3n) is 3.26. The van der Waals surface area contributed by atoms with Gasteiger partial charge in [0.1, 0.15) is 0 Å². The van der Waals surface area contributed by atoms with E-state index in [1.54, 1.807) is 7.05 Å². The van der Waals surface area contributed by atoms with Crippen molar-refractivity contribution in [2.45, 2.75) is 19.8 Å². The summed E-state index contributed by atoms with van der Waals surface area (Å²) in [5.41, 5.74) is 5.48. The monoisotopic (exact) mass is 266 g/mol. The third kappa shape index (κ3) is 2.67. The van der Waals surface area contributed by atoms with Gasteiger partial charge in [0.05, 0.1) is 4.92 Å². The van der Waals surface area contributed by atoms with E-state index in [0.717, 1.165) is 25.9 Å². The summed E-state index contributed by atoms with van der Waals surface area (Å²) < 4.78 is 0. The van der Waals surface area contributed by atoms with Crippen LogP contribution < -0.4 is 16.0 Å². The standard InChI is InChI=1S/C11H18N6O2/c1-7-4-3-5-16(6-7)10-8(17(18)19)9(12)14-11(13-2)15-10/h7H,3-6H2,1-2H3,(H3,12,13,14,15). The lowest BCUT2D eigenvalue weighted by Gasteiger charge is -2.31. The van der Waals surface area contributed by atoms with Crippen molar-refractivity contribution in [1.82, 2.24) is 9.97 Å². The van der Waals surface area contributed by atoms with Crippen LogP contribution in [-0.4, -0.2) is 35.0 Å². The lowest BCUT2D eigenvalue weighted by atomic mass is 10.0. The second-order valence-corrected chi connectivity index (χ2v) is 4.81. The van der Waals surface area contributed by atoms with Crippen molar-refractivity contribution in [2.24, 2.45) is 5.92 Å². The summed E-state index contributed by atoms with van der Waals surface area (Å²) in [5.74, 6) is 1.00. The maximum Gasteiger partial charge on any atom is 0.353 e. The van der Waals surface area contributed by atoms with Crippen LogP contribution in [0.2, 0.25) is 0 Å². The smallest absolute Gasteiger partial charge is 0.353 e. The number of hydrogen-bond acceptors (Lipinski definition) is 7. The van der Waals surface area contributed by atoms with Gasteiger partial charge in [0.15, 0.2) is 0 Å². The molecule has 2 rings (SSSR count). The minimum atomic E-state index is -0.511. The van der Waals surface area contributed by atoms with Gasteiger partial charge in [-0.05, 0) is 18.8 Å². The van der Waals surface area contributed by atoms with E-state index >= 15 is 0 Å². The molecule has 8 nitrogen and oxygen atoms in total. The number of nitro groups is 1. The first-order valence-corrected chi connectivity index (χ1v) is 6.27. The molecule has 8 heteroatoms. The highest BCUT2D eigenvalue weighted by Crippen LogP contribution is 2.34. The normalized spacial score (nSPS) is 19.3. The molecule has 2 heterocycles. The van der Waals surface area contributed by atoms with Gasteiger partial charge in [0.2, 0.25) is 17.6 Å².